The summed E-state index contributed by atoms with van der Waals surface area (Å²) in [4.78, 5) is 1.62. The highest BCUT2D eigenvalue weighted by Crippen LogP contribution is 2.42. The van der Waals surface area contributed by atoms with Gasteiger partial charge in [-0.25, -0.2) is 8.78 Å². The lowest BCUT2D eigenvalue weighted by Crippen LogP contribution is -2.51. The maximum absolute atomic E-state index is 14.3. The van der Waals surface area contributed by atoms with E-state index in [4.69, 9.17) is 5.11 Å². The molecule has 1 aromatic carbocycles. The van der Waals surface area contributed by atoms with Crippen LogP contribution in [0.4, 0.5) is 8.78 Å². The zero-order chi connectivity index (χ0) is 15.6. The molecular weight excluding hydrogens is 543 g/mol. The Morgan fingerprint density at radius 2 is 1.86 bits per heavy atom. The summed E-state index contributed by atoms with van der Waals surface area (Å²) in [6.07, 6.45) is 0. The van der Waals surface area contributed by atoms with Crippen molar-refractivity contribution in [3.8, 4) is 5.75 Å². The quantitative estimate of drug-likeness (QED) is 0.496. The molecule has 0 amide bonds. The van der Waals surface area contributed by atoms with E-state index in [2.05, 4.69) is 5.32 Å². The van der Waals surface area contributed by atoms with Gasteiger partial charge in [0, 0.05) is 35.3 Å². The molecule has 0 unspecified atom stereocenters. The molecule has 0 bridgehead atoms. The molecule has 4 nitrogen and oxygen atoms in total. The molecule has 1 aliphatic rings. The number of benzene rings is 1. The molecule has 3 N–H and O–H groups in total. The fraction of sp³-hybridized carbons (Fsp3) is 0.538. The van der Waals surface area contributed by atoms with E-state index in [0.717, 1.165) is 3.57 Å². The standard InChI is InChI=1S/C13H16F2I2N2O2.ClH/c14-13(15,7-20)12(19-3-1-18-2-4-19)9-5-8(16)6-10(17)11(9)21;/h5-6,12,18,20-21H,1-4,7H2;1H/t12-;/m0./s1. The number of nitrogens with one attached hydrogen (secondary N) is 1. The van der Waals surface area contributed by atoms with Crippen molar-refractivity contribution in [1.82, 2.24) is 10.2 Å². The number of aromatic hydroxyl groups is 1. The molecule has 1 fully saturated rings. The van der Waals surface area contributed by atoms with Gasteiger partial charge in [-0.3, -0.25) is 4.90 Å². The van der Waals surface area contributed by atoms with E-state index in [0.29, 0.717) is 29.7 Å². The molecule has 1 saturated heterocycles. The van der Waals surface area contributed by atoms with Gasteiger partial charge in [-0.15, -0.1) is 12.4 Å². The van der Waals surface area contributed by atoms with Gasteiger partial charge in [0.1, 0.15) is 18.4 Å². The topological polar surface area (TPSA) is 55.7 Å². The van der Waals surface area contributed by atoms with Gasteiger partial charge in [-0.05, 0) is 57.3 Å². The predicted molar refractivity (Wildman–Crippen MR) is 100 cm³/mol. The Balaban J connectivity index is 0.00000242. The molecule has 0 radical (unpaired) electrons. The van der Waals surface area contributed by atoms with Crippen LogP contribution in [0.1, 0.15) is 11.6 Å². The van der Waals surface area contributed by atoms with Crippen LogP contribution in [-0.4, -0.2) is 53.8 Å². The predicted octanol–water partition coefficient (Wildman–Crippen LogP) is 2.60. The Bertz CT molecular complexity index is 517. The number of nitrogens with zero attached hydrogens (tertiary/aromatic N) is 1. The van der Waals surface area contributed by atoms with Crippen molar-refractivity contribution < 1.29 is 19.0 Å². The molecule has 0 spiro atoms. The molecule has 0 saturated carbocycles. The zero-order valence-corrected chi connectivity index (χ0v) is 16.7. The number of piperazine rings is 1. The third-order valence-corrected chi connectivity index (χ3v) is 4.92. The number of halogens is 5. The molecule has 0 aromatic heterocycles. The molecular formula is C13H17ClF2I2N2O2. The maximum Gasteiger partial charge on any atom is 0.290 e. The first kappa shape index (κ1) is 20.6. The van der Waals surface area contributed by atoms with Crippen LogP contribution in [0.15, 0.2) is 12.1 Å². The number of aliphatic hydroxyl groups excluding tert-OH is 1. The van der Waals surface area contributed by atoms with Gasteiger partial charge in [0.05, 0.1) is 3.57 Å². The molecule has 22 heavy (non-hydrogen) atoms. The summed E-state index contributed by atoms with van der Waals surface area (Å²) in [5.74, 6) is -3.45. The van der Waals surface area contributed by atoms with Crippen molar-refractivity contribution in [3.63, 3.8) is 0 Å². The lowest BCUT2D eigenvalue weighted by molar-refractivity contribution is -0.119. The van der Waals surface area contributed by atoms with Gasteiger partial charge in [0.15, 0.2) is 0 Å². The largest absolute Gasteiger partial charge is 0.506 e. The Morgan fingerprint density at radius 3 is 2.41 bits per heavy atom. The second-order valence-corrected chi connectivity index (χ2v) is 7.34. The first-order chi connectivity index (χ1) is 9.86. The van der Waals surface area contributed by atoms with Crippen LogP contribution in [0.5, 0.6) is 5.75 Å². The number of phenols is 1. The number of phenolic OH excluding ortho intramolecular Hbond substituents is 1. The number of rotatable bonds is 4. The number of hydrogen-bond donors (Lipinski definition) is 3. The molecule has 2 rings (SSSR count). The maximum atomic E-state index is 14.3. The highest BCUT2D eigenvalue weighted by Gasteiger charge is 2.45. The van der Waals surface area contributed by atoms with Crippen molar-refractivity contribution in [2.45, 2.75) is 12.0 Å². The fourth-order valence-corrected chi connectivity index (χ4v) is 4.40. The van der Waals surface area contributed by atoms with Crippen molar-refractivity contribution >= 4 is 57.6 Å². The Labute approximate surface area is 161 Å². The number of alkyl halides is 2. The minimum Gasteiger partial charge on any atom is -0.506 e. The summed E-state index contributed by atoms with van der Waals surface area (Å²) in [6, 6.07) is 1.97. The highest BCUT2D eigenvalue weighted by molar-refractivity contribution is 14.1. The highest BCUT2D eigenvalue weighted by atomic mass is 127. The minimum atomic E-state index is -3.32. The molecule has 0 aliphatic carbocycles. The van der Waals surface area contributed by atoms with E-state index in [-0.39, 0.29) is 23.7 Å². The summed E-state index contributed by atoms with van der Waals surface area (Å²) in [7, 11) is 0. The van der Waals surface area contributed by atoms with Crippen LogP contribution in [0.3, 0.4) is 0 Å². The van der Waals surface area contributed by atoms with Crippen LogP contribution >= 0.6 is 57.6 Å². The van der Waals surface area contributed by atoms with Crippen LogP contribution in [0.2, 0.25) is 0 Å². The molecule has 1 aromatic rings. The minimum absolute atomic E-state index is 0. The number of aliphatic hydroxyl groups is 1. The van der Waals surface area contributed by atoms with Gasteiger partial charge in [0.25, 0.3) is 5.92 Å². The zero-order valence-electron chi connectivity index (χ0n) is 11.5. The molecule has 126 valence electrons. The lowest BCUT2D eigenvalue weighted by atomic mass is 9.97. The summed E-state index contributed by atoms with van der Waals surface area (Å²) < 4.78 is 29.9. The average molecular weight is 561 g/mol. The first-order valence-electron chi connectivity index (χ1n) is 6.48. The van der Waals surface area contributed by atoms with Gasteiger partial charge in [-0.2, -0.15) is 0 Å². The molecule has 1 heterocycles. The van der Waals surface area contributed by atoms with E-state index in [9.17, 15) is 13.9 Å². The van der Waals surface area contributed by atoms with Crippen LogP contribution in [-0.2, 0) is 0 Å². The second kappa shape index (κ2) is 8.56. The van der Waals surface area contributed by atoms with Crippen molar-refractivity contribution in [2.24, 2.45) is 0 Å². The van der Waals surface area contributed by atoms with Crippen molar-refractivity contribution in [1.29, 1.82) is 0 Å². The Morgan fingerprint density at radius 1 is 1.27 bits per heavy atom. The van der Waals surface area contributed by atoms with Crippen molar-refractivity contribution in [3.05, 3.63) is 24.8 Å². The van der Waals surface area contributed by atoms with Crippen molar-refractivity contribution in [2.75, 3.05) is 32.8 Å². The van der Waals surface area contributed by atoms with Crippen LogP contribution in [0, 0.1) is 7.14 Å². The SMILES string of the molecule is Cl.OCC(F)(F)[C@H](c1cc(I)cc(I)c1O)N1CCNCC1. The summed E-state index contributed by atoms with van der Waals surface area (Å²) in [5.41, 5.74) is 0.173. The van der Waals surface area contributed by atoms with E-state index in [1.54, 1.807) is 17.0 Å². The van der Waals surface area contributed by atoms with E-state index >= 15 is 0 Å². The third kappa shape index (κ3) is 4.53. The fourth-order valence-electron chi connectivity index (χ4n) is 2.51. The van der Waals surface area contributed by atoms with Gasteiger partial charge >= 0.3 is 0 Å². The summed E-state index contributed by atoms with van der Waals surface area (Å²) in [6.45, 7) is 0.867. The van der Waals surface area contributed by atoms with E-state index < -0.39 is 18.6 Å². The number of hydrogen-bond acceptors (Lipinski definition) is 4. The first-order valence-corrected chi connectivity index (χ1v) is 8.64. The van der Waals surface area contributed by atoms with E-state index in [1.807, 2.05) is 45.2 Å². The van der Waals surface area contributed by atoms with Crippen LogP contribution in [0.25, 0.3) is 0 Å². The van der Waals surface area contributed by atoms with E-state index in [1.165, 1.54) is 0 Å². The Hall–Kier alpha value is 0.510. The molecule has 1 aliphatic heterocycles. The van der Waals surface area contributed by atoms with Gasteiger partial charge in [0.2, 0.25) is 0 Å². The van der Waals surface area contributed by atoms with Gasteiger partial charge < -0.3 is 15.5 Å². The monoisotopic (exact) mass is 560 g/mol. The van der Waals surface area contributed by atoms with Crippen LogP contribution < -0.4 is 5.32 Å². The summed E-state index contributed by atoms with van der Waals surface area (Å²) >= 11 is 3.96. The molecule has 9 heteroatoms. The second-order valence-electron chi connectivity index (χ2n) is 4.93. The Kier molecular flexibility index (Phi) is 8.00. The lowest BCUT2D eigenvalue weighted by Gasteiger charge is -2.39. The smallest absolute Gasteiger partial charge is 0.290 e. The normalized spacial score (nSPS) is 17.9. The molecule has 1 atom stereocenters. The summed E-state index contributed by atoms with van der Waals surface area (Å²) in [5, 5.41) is 22.4. The third-order valence-electron chi connectivity index (χ3n) is 3.48. The average Bonchev–Trinajstić information content (AvgIpc) is 2.45. The van der Waals surface area contributed by atoms with Gasteiger partial charge in [-0.1, -0.05) is 0 Å².